The molecule has 0 aliphatic rings. The molecule has 7 heteroatoms. The Morgan fingerprint density at radius 1 is 0.929 bits per heavy atom. The number of hydrogen-bond donors (Lipinski definition) is 2. The van der Waals surface area contributed by atoms with Gasteiger partial charge in [0.2, 0.25) is 0 Å². The van der Waals surface area contributed by atoms with Crippen LogP contribution in [0, 0.1) is 5.82 Å². The maximum atomic E-state index is 13.2. The quantitative estimate of drug-likeness (QED) is 0.512. The van der Waals surface area contributed by atoms with Crippen LogP contribution in [0.2, 0.25) is 10.0 Å². The first-order chi connectivity index (χ1) is 13.5. The summed E-state index contributed by atoms with van der Waals surface area (Å²) in [6, 6.07) is 18.6. The Labute approximate surface area is 172 Å². The van der Waals surface area contributed by atoms with Crippen LogP contribution in [-0.2, 0) is 11.3 Å². The third-order valence-electron chi connectivity index (χ3n) is 3.84. The Bertz CT molecular complexity index is 948. The van der Waals surface area contributed by atoms with E-state index >= 15 is 0 Å². The summed E-state index contributed by atoms with van der Waals surface area (Å²) in [4.78, 5) is 11.9. The maximum absolute atomic E-state index is 13.2. The molecule has 0 spiro atoms. The van der Waals surface area contributed by atoms with E-state index in [4.69, 9.17) is 27.9 Å². The van der Waals surface area contributed by atoms with Gasteiger partial charge < -0.3 is 15.4 Å². The Morgan fingerprint density at radius 2 is 1.61 bits per heavy atom. The molecular weight excluding hydrogens is 402 g/mol. The van der Waals surface area contributed by atoms with E-state index in [0.29, 0.717) is 23.0 Å². The normalized spacial score (nSPS) is 10.4. The lowest BCUT2D eigenvalue weighted by Gasteiger charge is -2.10. The molecule has 2 N–H and O–H groups in total. The molecule has 144 valence electrons. The van der Waals surface area contributed by atoms with Gasteiger partial charge in [-0.25, -0.2) is 4.39 Å². The molecule has 0 atom stereocenters. The number of amides is 1. The number of rotatable bonds is 7. The molecule has 0 radical (unpaired) electrons. The van der Waals surface area contributed by atoms with Gasteiger partial charge in [0.15, 0.2) is 6.61 Å². The zero-order valence-corrected chi connectivity index (χ0v) is 16.2. The fourth-order valence-corrected chi connectivity index (χ4v) is 2.70. The van der Waals surface area contributed by atoms with Gasteiger partial charge in [-0.3, -0.25) is 4.79 Å². The van der Waals surface area contributed by atoms with Crippen LogP contribution >= 0.6 is 23.2 Å². The van der Waals surface area contributed by atoms with Crippen LogP contribution in [0.15, 0.2) is 66.7 Å². The largest absolute Gasteiger partial charge is 0.484 e. The Kier molecular flexibility index (Phi) is 6.74. The SMILES string of the molecule is O=C(COc1ccc(CNc2ccc(F)c(Cl)c2)cc1)Nc1ccc(Cl)cc1. The van der Waals surface area contributed by atoms with Crippen molar-refractivity contribution in [2.75, 3.05) is 17.2 Å². The first-order valence-electron chi connectivity index (χ1n) is 8.46. The molecule has 0 unspecified atom stereocenters. The van der Waals surface area contributed by atoms with E-state index in [2.05, 4.69) is 10.6 Å². The van der Waals surface area contributed by atoms with Crippen LogP contribution < -0.4 is 15.4 Å². The van der Waals surface area contributed by atoms with E-state index in [1.54, 1.807) is 42.5 Å². The molecule has 3 aromatic rings. The second kappa shape index (κ2) is 9.44. The third kappa shape index (κ3) is 5.87. The minimum absolute atomic E-state index is 0.0747. The molecule has 0 heterocycles. The topological polar surface area (TPSA) is 50.4 Å². The van der Waals surface area contributed by atoms with Crippen LogP contribution in [0.3, 0.4) is 0 Å². The molecule has 0 saturated heterocycles. The first kappa shape index (κ1) is 20.0. The predicted octanol–water partition coefficient (Wildman–Crippen LogP) is 5.76. The molecule has 28 heavy (non-hydrogen) atoms. The monoisotopic (exact) mass is 418 g/mol. The highest BCUT2D eigenvalue weighted by molar-refractivity contribution is 6.31. The van der Waals surface area contributed by atoms with Gasteiger partial charge in [-0.2, -0.15) is 0 Å². The van der Waals surface area contributed by atoms with Gasteiger partial charge in [-0.05, 0) is 60.2 Å². The minimum Gasteiger partial charge on any atom is -0.484 e. The lowest BCUT2D eigenvalue weighted by molar-refractivity contribution is -0.118. The zero-order chi connectivity index (χ0) is 19.9. The molecule has 3 rings (SSSR count). The summed E-state index contributed by atoms with van der Waals surface area (Å²) in [6.45, 7) is 0.438. The van der Waals surface area contributed by atoms with Gasteiger partial charge in [-0.1, -0.05) is 35.3 Å². The highest BCUT2D eigenvalue weighted by Crippen LogP contribution is 2.20. The van der Waals surface area contributed by atoms with Crippen LogP contribution in [0.1, 0.15) is 5.56 Å². The highest BCUT2D eigenvalue weighted by atomic mass is 35.5. The van der Waals surface area contributed by atoms with Gasteiger partial charge in [0, 0.05) is 22.9 Å². The molecule has 4 nitrogen and oxygen atoms in total. The van der Waals surface area contributed by atoms with Gasteiger partial charge in [0.05, 0.1) is 5.02 Å². The van der Waals surface area contributed by atoms with E-state index in [0.717, 1.165) is 11.3 Å². The second-order valence-electron chi connectivity index (χ2n) is 5.97. The van der Waals surface area contributed by atoms with E-state index < -0.39 is 5.82 Å². The summed E-state index contributed by atoms with van der Waals surface area (Å²) < 4.78 is 18.7. The van der Waals surface area contributed by atoms with Crippen LogP contribution in [0.4, 0.5) is 15.8 Å². The summed E-state index contributed by atoms with van der Waals surface area (Å²) in [7, 11) is 0. The molecular formula is C21H17Cl2FN2O2. The van der Waals surface area contributed by atoms with Gasteiger partial charge in [0.1, 0.15) is 11.6 Å². The van der Waals surface area contributed by atoms with Crippen molar-refractivity contribution in [2.24, 2.45) is 0 Å². The molecule has 1 amide bonds. The maximum Gasteiger partial charge on any atom is 0.262 e. The van der Waals surface area contributed by atoms with Gasteiger partial charge in [-0.15, -0.1) is 0 Å². The van der Waals surface area contributed by atoms with Crippen molar-refractivity contribution in [2.45, 2.75) is 6.54 Å². The average molecular weight is 419 g/mol. The molecule has 0 aliphatic carbocycles. The Hall–Kier alpha value is -2.76. The van der Waals surface area contributed by atoms with E-state index in [1.807, 2.05) is 12.1 Å². The average Bonchev–Trinajstić information content (AvgIpc) is 2.70. The number of halogens is 3. The molecule has 0 saturated carbocycles. The summed E-state index contributed by atoms with van der Waals surface area (Å²) in [5.41, 5.74) is 2.38. The third-order valence-corrected chi connectivity index (χ3v) is 4.38. The smallest absolute Gasteiger partial charge is 0.262 e. The number of carbonyl (C=O) groups excluding carboxylic acids is 1. The Balaban J connectivity index is 1.46. The number of carbonyl (C=O) groups is 1. The predicted molar refractivity (Wildman–Crippen MR) is 111 cm³/mol. The molecule has 0 bridgehead atoms. The second-order valence-corrected chi connectivity index (χ2v) is 6.81. The number of anilines is 2. The van der Waals surface area contributed by atoms with Gasteiger partial charge in [0.25, 0.3) is 5.91 Å². The number of benzene rings is 3. The van der Waals surface area contributed by atoms with Crippen molar-refractivity contribution in [3.05, 3.63) is 88.2 Å². The molecule has 0 aliphatic heterocycles. The van der Waals surface area contributed by atoms with Crippen LogP contribution in [0.5, 0.6) is 5.75 Å². The van der Waals surface area contributed by atoms with Crippen LogP contribution in [-0.4, -0.2) is 12.5 Å². The molecule has 0 aromatic heterocycles. The summed E-state index contributed by atoms with van der Waals surface area (Å²) >= 11 is 11.6. The summed E-state index contributed by atoms with van der Waals surface area (Å²) in [5, 5.41) is 6.57. The highest BCUT2D eigenvalue weighted by Gasteiger charge is 2.05. The lowest BCUT2D eigenvalue weighted by Crippen LogP contribution is -2.20. The summed E-state index contributed by atoms with van der Waals surface area (Å²) in [6.07, 6.45) is 0. The fraction of sp³-hybridized carbons (Fsp3) is 0.0952. The zero-order valence-electron chi connectivity index (χ0n) is 14.7. The van der Waals surface area contributed by atoms with Crippen molar-refractivity contribution < 1.29 is 13.9 Å². The fourth-order valence-electron chi connectivity index (χ4n) is 2.39. The Morgan fingerprint density at radius 3 is 2.29 bits per heavy atom. The van der Waals surface area contributed by atoms with Crippen LogP contribution in [0.25, 0.3) is 0 Å². The number of nitrogens with one attached hydrogen (secondary N) is 2. The number of ether oxygens (including phenoxy) is 1. The van der Waals surface area contributed by atoms with Crippen molar-refractivity contribution in [3.63, 3.8) is 0 Å². The number of hydrogen-bond acceptors (Lipinski definition) is 3. The van der Waals surface area contributed by atoms with Crippen molar-refractivity contribution >= 4 is 40.5 Å². The van der Waals surface area contributed by atoms with E-state index in [-0.39, 0.29) is 17.5 Å². The first-order valence-corrected chi connectivity index (χ1v) is 9.21. The van der Waals surface area contributed by atoms with Crippen molar-refractivity contribution in [1.82, 2.24) is 0 Å². The molecule has 3 aromatic carbocycles. The van der Waals surface area contributed by atoms with E-state index in [1.165, 1.54) is 12.1 Å². The van der Waals surface area contributed by atoms with Crippen molar-refractivity contribution in [1.29, 1.82) is 0 Å². The molecule has 0 fully saturated rings. The van der Waals surface area contributed by atoms with Gasteiger partial charge >= 0.3 is 0 Å². The summed E-state index contributed by atoms with van der Waals surface area (Å²) in [5.74, 6) is -0.130. The van der Waals surface area contributed by atoms with Crippen molar-refractivity contribution in [3.8, 4) is 5.75 Å². The minimum atomic E-state index is -0.450. The standard InChI is InChI=1S/C21H17Cl2FN2O2/c22-15-3-5-16(6-4-15)26-21(27)13-28-18-8-1-14(2-9-18)12-25-17-7-10-20(24)19(23)11-17/h1-11,25H,12-13H2,(H,26,27). The van der Waals surface area contributed by atoms with E-state index in [9.17, 15) is 9.18 Å². The lowest BCUT2D eigenvalue weighted by atomic mass is 10.2.